The van der Waals surface area contributed by atoms with E-state index in [4.69, 9.17) is 0 Å². The molecule has 0 aliphatic rings. The average Bonchev–Trinajstić information content (AvgIpc) is 2.09. The predicted octanol–water partition coefficient (Wildman–Crippen LogP) is 2.42. The Hall–Kier alpha value is -0.830. The molecule has 0 fully saturated rings. The Morgan fingerprint density at radius 2 is 2.42 bits per heavy atom. The molecular formula is C9H11NOS. The van der Waals surface area contributed by atoms with Crippen LogP contribution in [0.3, 0.4) is 0 Å². The van der Waals surface area contributed by atoms with Crippen molar-refractivity contribution in [3.8, 4) is 0 Å². The summed E-state index contributed by atoms with van der Waals surface area (Å²) in [5.41, 5.74) is 1.06. The molecule has 0 N–H and O–H groups in total. The van der Waals surface area contributed by atoms with Gasteiger partial charge in [0.1, 0.15) is 5.03 Å². The minimum Gasteiger partial charge on any atom is -0.287 e. The molecule has 12 heavy (non-hydrogen) atoms. The van der Waals surface area contributed by atoms with Crippen LogP contribution in [0.4, 0.5) is 0 Å². The molecule has 0 radical (unpaired) electrons. The van der Waals surface area contributed by atoms with Crippen molar-refractivity contribution >= 4 is 16.9 Å². The fraction of sp³-hybridized carbons (Fsp3) is 0.333. The largest absolute Gasteiger partial charge is 0.287 e. The Morgan fingerprint density at radius 1 is 1.67 bits per heavy atom. The van der Waals surface area contributed by atoms with Gasteiger partial charge in [-0.2, -0.15) is 0 Å². The van der Waals surface area contributed by atoms with Gasteiger partial charge in [-0.3, -0.25) is 4.79 Å². The van der Waals surface area contributed by atoms with Gasteiger partial charge in [-0.15, -0.1) is 0 Å². The minimum absolute atomic E-state index is 0.164. The number of hydrogen-bond donors (Lipinski definition) is 0. The molecule has 2 nitrogen and oxygen atoms in total. The van der Waals surface area contributed by atoms with Crippen LogP contribution in [0.25, 0.3) is 0 Å². The lowest BCUT2D eigenvalue weighted by Gasteiger charge is -2.00. The van der Waals surface area contributed by atoms with E-state index in [-0.39, 0.29) is 5.12 Å². The van der Waals surface area contributed by atoms with Crippen LogP contribution in [0, 0.1) is 6.92 Å². The van der Waals surface area contributed by atoms with E-state index in [1.54, 1.807) is 6.20 Å². The van der Waals surface area contributed by atoms with Crippen LogP contribution in [-0.2, 0) is 4.79 Å². The second-order valence-corrected chi connectivity index (χ2v) is 3.50. The summed E-state index contributed by atoms with van der Waals surface area (Å²) in [6.07, 6.45) is 2.26. The summed E-state index contributed by atoms with van der Waals surface area (Å²) in [5.74, 6) is 0. The third-order valence-corrected chi connectivity index (χ3v) is 2.60. The summed E-state index contributed by atoms with van der Waals surface area (Å²) in [5, 5.41) is 0.987. The number of carbonyl (C=O) groups is 1. The monoisotopic (exact) mass is 181 g/mol. The highest BCUT2D eigenvalue weighted by molar-refractivity contribution is 8.13. The van der Waals surface area contributed by atoms with Gasteiger partial charge in [0.2, 0.25) is 0 Å². The van der Waals surface area contributed by atoms with Crippen LogP contribution >= 0.6 is 11.8 Å². The molecule has 1 rings (SSSR count). The average molecular weight is 181 g/mol. The highest BCUT2D eigenvalue weighted by atomic mass is 32.2. The molecule has 1 heterocycles. The lowest BCUT2D eigenvalue weighted by Crippen LogP contribution is -1.91. The predicted molar refractivity (Wildman–Crippen MR) is 50.1 cm³/mol. The van der Waals surface area contributed by atoms with Crippen LogP contribution in [0.1, 0.15) is 18.9 Å². The number of aryl methyl sites for hydroxylation is 1. The zero-order valence-corrected chi connectivity index (χ0v) is 8.02. The molecule has 0 aliphatic carbocycles. The van der Waals surface area contributed by atoms with Gasteiger partial charge in [0.25, 0.3) is 0 Å². The van der Waals surface area contributed by atoms with Crippen molar-refractivity contribution in [3.05, 3.63) is 23.9 Å². The first-order valence-corrected chi connectivity index (χ1v) is 4.68. The number of thioether (sulfide) groups is 1. The summed E-state index contributed by atoms with van der Waals surface area (Å²) >= 11 is 1.22. The standard InChI is InChI=1S/C9H11NOS/c1-3-8(11)12-9-7(2)5-4-6-10-9/h4-6H,3H2,1-2H3. The summed E-state index contributed by atoms with van der Waals surface area (Å²) in [7, 11) is 0. The van der Waals surface area contributed by atoms with E-state index in [1.807, 2.05) is 26.0 Å². The van der Waals surface area contributed by atoms with Crippen molar-refractivity contribution in [2.45, 2.75) is 25.3 Å². The summed E-state index contributed by atoms with van der Waals surface area (Å²) in [6, 6.07) is 3.83. The summed E-state index contributed by atoms with van der Waals surface area (Å²) in [4.78, 5) is 15.2. The molecule has 0 atom stereocenters. The first kappa shape index (κ1) is 9.26. The van der Waals surface area contributed by atoms with Gasteiger partial charge in [-0.25, -0.2) is 4.98 Å². The molecule has 0 bridgehead atoms. The molecule has 64 valence electrons. The summed E-state index contributed by atoms with van der Waals surface area (Å²) < 4.78 is 0. The van der Waals surface area contributed by atoms with Crippen LogP contribution in [0.2, 0.25) is 0 Å². The smallest absolute Gasteiger partial charge is 0.194 e. The van der Waals surface area contributed by atoms with E-state index in [9.17, 15) is 4.79 Å². The Labute approximate surface area is 76.4 Å². The van der Waals surface area contributed by atoms with Gasteiger partial charge < -0.3 is 0 Å². The zero-order chi connectivity index (χ0) is 8.97. The van der Waals surface area contributed by atoms with E-state index in [0.717, 1.165) is 10.6 Å². The van der Waals surface area contributed by atoms with Gasteiger partial charge in [-0.05, 0) is 30.3 Å². The van der Waals surface area contributed by atoms with Gasteiger partial charge >= 0.3 is 0 Å². The van der Waals surface area contributed by atoms with Crippen molar-refractivity contribution in [1.29, 1.82) is 0 Å². The van der Waals surface area contributed by atoms with Gasteiger partial charge in [0.15, 0.2) is 5.12 Å². The van der Waals surface area contributed by atoms with E-state index in [1.165, 1.54) is 11.8 Å². The molecule has 1 aromatic rings. The summed E-state index contributed by atoms with van der Waals surface area (Å²) in [6.45, 7) is 3.81. The van der Waals surface area contributed by atoms with Crippen LogP contribution < -0.4 is 0 Å². The normalized spacial score (nSPS) is 9.83. The van der Waals surface area contributed by atoms with Crippen LogP contribution in [-0.4, -0.2) is 10.1 Å². The number of carbonyl (C=O) groups excluding carboxylic acids is 1. The van der Waals surface area contributed by atoms with E-state index in [2.05, 4.69) is 4.98 Å². The second-order valence-electron chi connectivity index (χ2n) is 2.45. The molecule has 0 amide bonds. The third-order valence-electron chi connectivity index (χ3n) is 1.46. The molecule has 0 aliphatic heterocycles. The van der Waals surface area contributed by atoms with Crippen LogP contribution in [0.5, 0.6) is 0 Å². The first-order valence-electron chi connectivity index (χ1n) is 3.86. The highest BCUT2D eigenvalue weighted by Gasteiger charge is 2.04. The Bertz CT molecular complexity index is 286. The minimum atomic E-state index is 0.164. The SMILES string of the molecule is CCC(=O)Sc1ncccc1C. The Balaban J connectivity index is 2.75. The van der Waals surface area contributed by atoms with Crippen LogP contribution in [0.15, 0.2) is 23.4 Å². The van der Waals surface area contributed by atoms with Crippen molar-refractivity contribution in [3.63, 3.8) is 0 Å². The first-order chi connectivity index (χ1) is 5.74. The molecule has 1 aromatic heterocycles. The molecule has 0 saturated heterocycles. The molecular weight excluding hydrogens is 170 g/mol. The lowest BCUT2D eigenvalue weighted by atomic mass is 10.3. The van der Waals surface area contributed by atoms with E-state index >= 15 is 0 Å². The number of aromatic nitrogens is 1. The maximum Gasteiger partial charge on any atom is 0.194 e. The maximum absolute atomic E-state index is 11.1. The number of hydrogen-bond acceptors (Lipinski definition) is 3. The fourth-order valence-electron chi connectivity index (χ4n) is 0.758. The van der Waals surface area contributed by atoms with Crippen molar-refractivity contribution < 1.29 is 4.79 Å². The number of rotatable bonds is 2. The topological polar surface area (TPSA) is 30.0 Å². The quantitative estimate of drug-likeness (QED) is 0.656. The molecule has 0 aromatic carbocycles. The van der Waals surface area contributed by atoms with Crippen molar-refractivity contribution in [1.82, 2.24) is 4.98 Å². The Morgan fingerprint density at radius 3 is 3.00 bits per heavy atom. The van der Waals surface area contributed by atoms with Gasteiger partial charge in [0.05, 0.1) is 0 Å². The Kier molecular flexibility index (Phi) is 3.29. The maximum atomic E-state index is 11.1. The fourth-order valence-corrected chi connectivity index (χ4v) is 1.46. The number of nitrogens with zero attached hydrogens (tertiary/aromatic N) is 1. The highest BCUT2D eigenvalue weighted by Crippen LogP contribution is 2.20. The molecule has 0 saturated carbocycles. The van der Waals surface area contributed by atoms with Crippen molar-refractivity contribution in [2.24, 2.45) is 0 Å². The second kappa shape index (κ2) is 4.26. The zero-order valence-electron chi connectivity index (χ0n) is 7.20. The number of pyridine rings is 1. The van der Waals surface area contributed by atoms with E-state index < -0.39 is 0 Å². The molecule has 3 heteroatoms. The van der Waals surface area contributed by atoms with Crippen molar-refractivity contribution in [2.75, 3.05) is 0 Å². The lowest BCUT2D eigenvalue weighted by molar-refractivity contribution is -0.110. The molecule has 0 unspecified atom stereocenters. The molecule has 0 spiro atoms. The van der Waals surface area contributed by atoms with Gasteiger partial charge in [-0.1, -0.05) is 13.0 Å². The van der Waals surface area contributed by atoms with E-state index in [0.29, 0.717) is 6.42 Å². The van der Waals surface area contributed by atoms with Gasteiger partial charge in [0, 0.05) is 12.6 Å². The third kappa shape index (κ3) is 2.34.